The van der Waals surface area contributed by atoms with Gasteiger partial charge in [-0.1, -0.05) is 25.5 Å². The fourth-order valence-electron chi connectivity index (χ4n) is 2.13. The van der Waals surface area contributed by atoms with Crippen LogP contribution >= 0.6 is 24.0 Å². The molecular formula is C18H33IN4O3S. The molecule has 156 valence electrons. The monoisotopic (exact) mass is 512 g/mol. The Morgan fingerprint density at radius 1 is 1.07 bits per heavy atom. The van der Waals surface area contributed by atoms with E-state index < -0.39 is 10.0 Å². The van der Waals surface area contributed by atoms with E-state index in [1.807, 2.05) is 6.92 Å². The first-order valence-electron chi connectivity index (χ1n) is 9.16. The van der Waals surface area contributed by atoms with Gasteiger partial charge in [-0.05, 0) is 44.5 Å². The van der Waals surface area contributed by atoms with E-state index in [0.29, 0.717) is 6.54 Å². The van der Waals surface area contributed by atoms with Gasteiger partial charge in [-0.15, -0.1) is 24.0 Å². The SMILES string of the molecule is CCCCOCCCNC(=NCc1ccc(S(=O)(=O)NC)cc1)NCC.I. The Labute approximate surface area is 180 Å². The van der Waals surface area contributed by atoms with Gasteiger partial charge >= 0.3 is 0 Å². The van der Waals surface area contributed by atoms with E-state index >= 15 is 0 Å². The number of hydrogen-bond acceptors (Lipinski definition) is 4. The maximum atomic E-state index is 11.7. The fraction of sp³-hybridized carbons (Fsp3) is 0.611. The summed E-state index contributed by atoms with van der Waals surface area (Å²) in [5.74, 6) is 0.744. The minimum atomic E-state index is -3.40. The summed E-state index contributed by atoms with van der Waals surface area (Å²) in [5.41, 5.74) is 0.945. The van der Waals surface area contributed by atoms with Crippen LogP contribution in [0.5, 0.6) is 0 Å². The second-order valence-corrected chi connectivity index (χ2v) is 7.68. The summed E-state index contributed by atoms with van der Waals surface area (Å²) < 4.78 is 31.3. The van der Waals surface area contributed by atoms with Crippen molar-refractivity contribution in [2.45, 2.75) is 44.6 Å². The van der Waals surface area contributed by atoms with Crippen LogP contribution in [0.3, 0.4) is 0 Å². The van der Waals surface area contributed by atoms with Crippen LogP contribution in [0.4, 0.5) is 0 Å². The third-order valence-electron chi connectivity index (χ3n) is 3.67. The van der Waals surface area contributed by atoms with Gasteiger partial charge in [0.15, 0.2) is 5.96 Å². The highest BCUT2D eigenvalue weighted by Crippen LogP contribution is 2.10. The second kappa shape index (κ2) is 15.1. The van der Waals surface area contributed by atoms with Crippen LogP contribution in [-0.4, -0.2) is 47.7 Å². The molecule has 1 aromatic carbocycles. The molecule has 1 rings (SSSR count). The number of ether oxygens (including phenoxy) is 1. The lowest BCUT2D eigenvalue weighted by atomic mass is 10.2. The highest BCUT2D eigenvalue weighted by Gasteiger charge is 2.10. The van der Waals surface area contributed by atoms with Crippen LogP contribution in [-0.2, 0) is 21.3 Å². The van der Waals surface area contributed by atoms with Gasteiger partial charge in [0.1, 0.15) is 0 Å². The van der Waals surface area contributed by atoms with Gasteiger partial charge in [-0.2, -0.15) is 0 Å². The minimum absolute atomic E-state index is 0. The lowest BCUT2D eigenvalue weighted by molar-refractivity contribution is 0.129. The van der Waals surface area contributed by atoms with Crippen LogP contribution in [0, 0.1) is 0 Å². The summed E-state index contributed by atoms with van der Waals surface area (Å²) >= 11 is 0. The number of guanidine groups is 1. The average Bonchev–Trinajstić information content (AvgIpc) is 2.65. The summed E-state index contributed by atoms with van der Waals surface area (Å²) in [6, 6.07) is 6.73. The second-order valence-electron chi connectivity index (χ2n) is 5.79. The van der Waals surface area contributed by atoms with Crippen molar-refractivity contribution >= 4 is 40.0 Å². The van der Waals surface area contributed by atoms with E-state index in [4.69, 9.17) is 4.74 Å². The normalized spacial score (nSPS) is 11.7. The van der Waals surface area contributed by atoms with Crippen molar-refractivity contribution in [2.75, 3.05) is 33.4 Å². The summed E-state index contributed by atoms with van der Waals surface area (Å²) in [6.45, 7) is 7.77. The lowest BCUT2D eigenvalue weighted by Gasteiger charge is -2.11. The third-order valence-corrected chi connectivity index (χ3v) is 5.10. The van der Waals surface area contributed by atoms with Crippen molar-refractivity contribution < 1.29 is 13.2 Å². The molecule has 0 aliphatic heterocycles. The molecule has 0 atom stereocenters. The zero-order valence-electron chi connectivity index (χ0n) is 16.5. The predicted molar refractivity (Wildman–Crippen MR) is 121 cm³/mol. The van der Waals surface area contributed by atoms with Crippen molar-refractivity contribution in [3.63, 3.8) is 0 Å². The van der Waals surface area contributed by atoms with Gasteiger partial charge < -0.3 is 15.4 Å². The van der Waals surface area contributed by atoms with Crippen LogP contribution in [0.15, 0.2) is 34.2 Å². The highest BCUT2D eigenvalue weighted by atomic mass is 127. The van der Waals surface area contributed by atoms with Crippen molar-refractivity contribution in [3.05, 3.63) is 29.8 Å². The lowest BCUT2D eigenvalue weighted by Crippen LogP contribution is -2.38. The number of benzene rings is 1. The molecule has 0 radical (unpaired) electrons. The fourth-order valence-corrected chi connectivity index (χ4v) is 2.86. The van der Waals surface area contributed by atoms with Crippen molar-refractivity contribution in [1.29, 1.82) is 0 Å². The first kappa shape index (κ1) is 26.1. The molecule has 0 bridgehead atoms. The Balaban J connectivity index is 0.00000676. The first-order chi connectivity index (χ1) is 12.5. The molecule has 9 heteroatoms. The Bertz CT molecular complexity index is 637. The Kier molecular flexibility index (Phi) is 14.6. The van der Waals surface area contributed by atoms with Gasteiger partial charge in [0.05, 0.1) is 11.4 Å². The molecular weight excluding hydrogens is 479 g/mol. The van der Waals surface area contributed by atoms with Crippen molar-refractivity contribution in [3.8, 4) is 0 Å². The maximum absolute atomic E-state index is 11.7. The molecule has 7 nitrogen and oxygen atoms in total. The zero-order chi connectivity index (χ0) is 19.3. The molecule has 0 saturated heterocycles. The summed E-state index contributed by atoms with van der Waals surface area (Å²) in [7, 11) is -2.00. The standard InChI is InChI=1S/C18H32N4O3S.HI/c1-4-6-13-25-14-7-12-21-18(20-5-2)22-15-16-8-10-17(11-9-16)26(23,24)19-3;/h8-11,19H,4-7,12-15H2,1-3H3,(H2,20,21,22);1H. The number of nitrogens with one attached hydrogen (secondary N) is 3. The van der Waals surface area contributed by atoms with Crippen LogP contribution in [0.2, 0.25) is 0 Å². The molecule has 0 aromatic heterocycles. The molecule has 3 N–H and O–H groups in total. The van der Waals surface area contributed by atoms with Gasteiger partial charge in [0.2, 0.25) is 10.0 Å². The molecule has 0 unspecified atom stereocenters. The van der Waals surface area contributed by atoms with Gasteiger partial charge in [0, 0.05) is 26.3 Å². The number of nitrogens with zero attached hydrogens (tertiary/aromatic N) is 1. The maximum Gasteiger partial charge on any atom is 0.240 e. The Morgan fingerprint density at radius 3 is 2.33 bits per heavy atom. The van der Waals surface area contributed by atoms with Crippen LogP contribution < -0.4 is 15.4 Å². The number of rotatable bonds is 12. The molecule has 0 amide bonds. The number of unbranched alkanes of at least 4 members (excludes halogenated alkanes) is 1. The zero-order valence-corrected chi connectivity index (χ0v) is 19.6. The van der Waals surface area contributed by atoms with E-state index in [9.17, 15) is 8.42 Å². The topological polar surface area (TPSA) is 91.8 Å². The van der Waals surface area contributed by atoms with E-state index in [-0.39, 0.29) is 28.9 Å². The molecule has 0 aliphatic carbocycles. The molecule has 0 aliphatic rings. The first-order valence-corrected chi connectivity index (χ1v) is 10.6. The Morgan fingerprint density at radius 2 is 1.74 bits per heavy atom. The molecule has 0 spiro atoms. The smallest absolute Gasteiger partial charge is 0.240 e. The molecule has 27 heavy (non-hydrogen) atoms. The minimum Gasteiger partial charge on any atom is -0.381 e. The molecule has 0 fully saturated rings. The largest absolute Gasteiger partial charge is 0.381 e. The summed E-state index contributed by atoms with van der Waals surface area (Å²) in [4.78, 5) is 4.78. The van der Waals surface area contributed by atoms with Gasteiger partial charge in [-0.3, -0.25) is 0 Å². The van der Waals surface area contributed by atoms with Gasteiger partial charge in [0.25, 0.3) is 0 Å². The van der Waals surface area contributed by atoms with E-state index in [2.05, 4.69) is 27.3 Å². The molecule has 1 aromatic rings. The van der Waals surface area contributed by atoms with E-state index in [1.54, 1.807) is 24.3 Å². The van der Waals surface area contributed by atoms with Crippen LogP contribution in [0.1, 0.15) is 38.7 Å². The summed E-state index contributed by atoms with van der Waals surface area (Å²) in [6.07, 6.45) is 3.17. The molecule has 0 saturated carbocycles. The highest BCUT2D eigenvalue weighted by molar-refractivity contribution is 14.0. The molecule has 0 heterocycles. The predicted octanol–water partition coefficient (Wildman–Crippen LogP) is 2.47. The third kappa shape index (κ3) is 10.9. The quantitative estimate of drug-likeness (QED) is 0.173. The van der Waals surface area contributed by atoms with E-state index in [1.165, 1.54) is 7.05 Å². The van der Waals surface area contributed by atoms with Gasteiger partial charge in [-0.25, -0.2) is 18.1 Å². The number of aliphatic imine (C=N–C) groups is 1. The van der Waals surface area contributed by atoms with E-state index in [0.717, 1.165) is 57.1 Å². The number of sulfonamides is 1. The van der Waals surface area contributed by atoms with Crippen molar-refractivity contribution in [2.24, 2.45) is 4.99 Å². The Hall–Kier alpha value is -0.910. The average molecular weight is 512 g/mol. The number of halogens is 1. The van der Waals surface area contributed by atoms with Crippen molar-refractivity contribution in [1.82, 2.24) is 15.4 Å². The van der Waals surface area contributed by atoms with Crippen LogP contribution in [0.25, 0.3) is 0 Å². The summed E-state index contributed by atoms with van der Waals surface area (Å²) in [5, 5.41) is 6.48. The number of hydrogen-bond donors (Lipinski definition) is 3.